The van der Waals surface area contributed by atoms with Gasteiger partial charge in [0.05, 0.1) is 10.5 Å². The van der Waals surface area contributed by atoms with Gasteiger partial charge >= 0.3 is 0 Å². The average Bonchev–Trinajstić information content (AvgIpc) is 3.13. The summed E-state index contributed by atoms with van der Waals surface area (Å²) in [4.78, 5) is 11.1. The molecular weight excluding hydrogens is 540 g/mol. The first-order valence-corrected chi connectivity index (χ1v) is 12.3. The van der Waals surface area contributed by atoms with Crippen LogP contribution in [0, 0.1) is 17.5 Å². The van der Waals surface area contributed by atoms with Crippen LogP contribution in [-0.2, 0) is 21.9 Å². The second kappa shape index (κ2) is 9.88. The van der Waals surface area contributed by atoms with Crippen molar-refractivity contribution in [3.05, 3.63) is 93.9 Å². The molecule has 0 saturated heterocycles. The van der Waals surface area contributed by atoms with E-state index >= 15 is 0 Å². The molecule has 3 aromatic carbocycles. The monoisotopic (exact) mass is 554 g/mol. The van der Waals surface area contributed by atoms with Crippen LogP contribution < -0.4 is 9.46 Å². The lowest BCUT2D eigenvalue weighted by atomic mass is 10.1. The molecule has 0 unspecified atom stereocenters. The van der Waals surface area contributed by atoms with Crippen molar-refractivity contribution in [3.8, 4) is 11.5 Å². The maximum absolute atomic E-state index is 13.9. The Kier molecular flexibility index (Phi) is 7.03. The molecule has 0 radical (unpaired) electrons. The Hall–Kier alpha value is -3.47. The molecule has 1 heterocycles. The van der Waals surface area contributed by atoms with Gasteiger partial charge in [0.2, 0.25) is 0 Å². The number of hydrogen-bond acceptors (Lipinski definition) is 4. The van der Waals surface area contributed by atoms with Crippen LogP contribution in [0.5, 0.6) is 11.5 Å². The summed E-state index contributed by atoms with van der Waals surface area (Å²) in [5, 5.41) is 1.30. The van der Waals surface area contributed by atoms with Crippen molar-refractivity contribution in [3.63, 3.8) is 0 Å². The first-order valence-electron chi connectivity index (χ1n) is 10.1. The molecule has 186 valence electrons. The largest absolute Gasteiger partial charge is 0.455 e. The van der Waals surface area contributed by atoms with Gasteiger partial charge in [0.1, 0.15) is 22.2 Å². The Morgan fingerprint density at radius 1 is 1.00 bits per heavy atom. The van der Waals surface area contributed by atoms with Crippen LogP contribution in [0.4, 0.5) is 13.2 Å². The zero-order valence-corrected chi connectivity index (χ0v) is 20.6. The number of aromatic nitrogens is 1. The summed E-state index contributed by atoms with van der Waals surface area (Å²) in [5.74, 6) is -5.10. The molecule has 6 nitrogen and oxygen atoms in total. The number of nitrogens with one attached hydrogen (secondary N) is 1. The number of fused-ring (bicyclic) bond motifs is 1. The quantitative estimate of drug-likeness (QED) is 0.227. The van der Waals surface area contributed by atoms with Gasteiger partial charge in [-0.25, -0.2) is 26.3 Å². The first kappa shape index (κ1) is 25.6. The second-order valence-electron chi connectivity index (χ2n) is 7.52. The Bertz CT molecular complexity index is 1650. The molecule has 0 saturated carbocycles. The van der Waals surface area contributed by atoms with E-state index in [0.29, 0.717) is 27.5 Å². The predicted octanol–water partition coefficient (Wildman–Crippen LogP) is 6.21. The number of halogens is 5. The highest BCUT2D eigenvalue weighted by molar-refractivity contribution is 7.90. The van der Waals surface area contributed by atoms with Crippen molar-refractivity contribution in [1.82, 2.24) is 9.29 Å². The van der Waals surface area contributed by atoms with E-state index in [1.165, 1.54) is 12.1 Å². The molecule has 36 heavy (non-hydrogen) atoms. The van der Waals surface area contributed by atoms with Crippen LogP contribution in [-0.4, -0.2) is 18.9 Å². The fraction of sp³-hybridized carbons (Fsp3) is 0.0417. The van der Waals surface area contributed by atoms with E-state index in [2.05, 4.69) is 0 Å². The van der Waals surface area contributed by atoms with Gasteiger partial charge in [-0.15, -0.1) is 0 Å². The van der Waals surface area contributed by atoms with Crippen LogP contribution in [0.15, 0.2) is 65.7 Å². The number of aryl methyl sites for hydroxylation is 1. The van der Waals surface area contributed by atoms with Gasteiger partial charge in [0.25, 0.3) is 15.9 Å². The zero-order chi connectivity index (χ0) is 26.2. The third kappa shape index (κ3) is 5.20. The summed E-state index contributed by atoms with van der Waals surface area (Å²) in [6, 6.07) is 10.2. The SMILES string of the molecule is Cn1cc(/C=C/C(=O)NS(=O)(=O)c2cc(F)c(F)cc2F)c2c(Oc3ccc(Cl)cc3Cl)cccc21. The summed E-state index contributed by atoms with van der Waals surface area (Å²) in [6.07, 6.45) is 3.90. The fourth-order valence-electron chi connectivity index (χ4n) is 3.43. The number of hydrogen-bond donors (Lipinski definition) is 1. The molecule has 1 aromatic heterocycles. The number of ether oxygens (including phenoxy) is 1. The highest BCUT2D eigenvalue weighted by atomic mass is 35.5. The smallest absolute Gasteiger partial charge is 0.267 e. The molecule has 0 bridgehead atoms. The molecule has 1 amide bonds. The van der Waals surface area contributed by atoms with Crippen LogP contribution >= 0.6 is 23.2 Å². The topological polar surface area (TPSA) is 77.4 Å². The minimum Gasteiger partial charge on any atom is -0.455 e. The highest BCUT2D eigenvalue weighted by Crippen LogP contribution is 2.37. The summed E-state index contributed by atoms with van der Waals surface area (Å²) in [6.45, 7) is 0. The van der Waals surface area contributed by atoms with Crippen molar-refractivity contribution in [1.29, 1.82) is 0 Å². The summed E-state index contributed by atoms with van der Waals surface area (Å²) in [5.41, 5.74) is 1.22. The molecule has 0 fully saturated rings. The second-order valence-corrected chi connectivity index (χ2v) is 10.0. The number of carbonyl (C=O) groups excluding carboxylic acids is 1. The third-order valence-electron chi connectivity index (χ3n) is 5.03. The van der Waals surface area contributed by atoms with Crippen molar-refractivity contribution in [2.24, 2.45) is 7.05 Å². The van der Waals surface area contributed by atoms with Crippen LogP contribution in [0.3, 0.4) is 0 Å². The first-order chi connectivity index (χ1) is 17.0. The molecule has 12 heteroatoms. The molecular formula is C24H15Cl2F3N2O4S. The number of sulfonamides is 1. The molecule has 0 atom stereocenters. The minimum absolute atomic E-state index is 0.0782. The minimum atomic E-state index is -4.82. The van der Waals surface area contributed by atoms with Gasteiger partial charge in [0, 0.05) is 47.4 Å². The number of nitrogens with zero attached hydrogens (tertiary/aromatic N) is 1. The number of carbonyl (C=O) groups is 1. The molecule has 4 aromatic rings. The van der Waals surface area contributed by atoms with Crippen LogP contribution in [0.2, 0.25) is 10.0 Å². The van der Waals surface area contributed by atoms with Crippen LogP contribution in [0.1, 0.15) is 5.56 Å². The average molecular weight is 555 g/mol. The lowest BCUT2D eigenvalue weighted by Gasteiger charge is -2.10. The van der Waals surface area contributed by atoms with E-state index in [0.717, 1.165) is 11.6 Å². The van der Waals surface area contributed by atoms with Crippen molar-refractivity contribution in [2.45, 2.75) is 4.90 Å². The normalized spacial score (nSPS) is 11.8. The molecule has 1 N–H and O–H groups in total. The maximum atomic E-state index is 13.9. The van der Waals surface area contributed by atoms with Gasteiger partial charge in [-0.1, -0.05) is 29.3 Å². The Morgan fingerprint density at radius 3 is 2.44 bits per heavy atom. The van der Waals surface area contributed by atoms with E-state index in [4.69, 9.17) is 27.9 Å². The molecule has 0 spiro atoms. The van der Waals surface area contributed by atoms with E-state index < -0.39 is 38.3 Å². The van der Waals surface area contributed by atoms with Crippen molar-refractivity contribution >= 4 is 56.1 Å². The predicted molar refractivity (Wildman–Crippen MR) is 130 cm³/mol. The zero-order valence-electron chi connectivity index (χ0n) is 18.2. The lowest BCUT2D eigenvalue weighted by molar-refractivity contribution is -0.114. The Morgan fingerprint density at radius 2 is 1.72 bits per heavy atom. The van der Waals surface area contributed by atoms with Crippen molar-refractivity contribution in [2.75, 3.05) is 0 Å². The Labute approximate surface area is 213 Å². The molecule has 0 aliphatic rings. The van der Waals surface area contributed by atoms with E-state index in [1.807, 2.05) is 0 Å². The molecule has 0 aliphatic carbocycles. The van der Waals surface area contributed by atoms with Crippen molar-refractivity contribution < 1.29 is 31.1 Å². The number of benzene rings is 3. The van der Waals surface area contributed by atoms with E-state index in [1.54, 1.807) is 52.9 Å². The summed E-state index contributed by atoms with van der Waals surface area (Å²) >= 11 is 12.1. The Balaban J connectivity index is 1.64. The standard InChI is InChI=1S/C24H15Cl2F3N2O4S/c1-31-12-13(5-8-23(32)30-36(33,34)22-11-17(28)16(27)10-18(22)29)24-19(31)3-2-4-21(24)35-20-7-6-14(25)9-15(20)26/h2-12H,1H3,(H,30,32)/b8-5+. The van der Waals surface area contributed by atoms with Crippen LogP contribution in [0.25, 0.3) is 17.0 Å². The van der Waals surface area contributed by atoms with E-state index in [9.17, 15) is 26.4 Å². The van der Waals surface area contributed by atoms with E-state index in [-0.39, 0.29) is 17.2 Å². The summed E-state index contributed by atoms with van der Waals surface area (Å²) in [7, 11) is -3.06. The maximum Gasteiger partial charge on any atom is 0.267 e. The lowest BCUT2D eigenvalue weighted by Crippen LogP contribution is -2.29. The highest BCUT2D eigenvalue weighted by Gasteiger charge is 2.23. The van der Waals surface area contributed by atoms with Gasteiger partial charge < -0.3 is 9.30 Å². The number of amides is 1. The summed E-state index contributed by atoms with van der Waals surface area (Å²) < 4.78 is 74.4. The fourth-order valence-corrected chi connectivity index (χ4v) is 4.90. The third-order valence-corrected chi connectivity index (χ3v) is 6.93. The van der Waals surface area contributed by atoms with Gasteiger partial charge in [-0.05, 0) is 36.4 Å². The van der Waals surface area contributed by atoms with Gasteiger partial charge in [-0.2, -0.15) is 0 Å². The molecule has 0 aliphatic heterocycles. The van der Waals surface area contributed by atoms with Gasteiger partial charge in [-0.3, -0.25) is 4.79 Å². The molecule has 4 rings (SSSR count). The van der Waals surface area contributed by atoms with Gasteiger partial charge in [0.15, 0.2) is 11.6 Å². The number of rotatable bonds is 6.